The molecule has 0 radical (unpaired) electrons. The quantitative estimate of drug-likeness (QED) is 0.906. The van der Waals surface area contributed by atoms with Crippen LogP contribution in [-0.4, -0.2) is 40.3 Å². The van der Waals surface area contributed by atoms with Crippen LogP contribution in [0.4, 0.5) is 13.2 Å². The molecule has 0 aromatic carbocycles. The zero-order chi connectivity index (χ0) is 14.1. The number of piperidine rings is 1. The Kier molecular flexibility index (Phi) is 2.18. The number of fused-ring (bicyclic) bond motifs is 1. The molecule has 2 saturated carbocycles. The topological polar surface area (TPSA) is 49.0 Å². The number of hydrogen-bond donors (Lipinski definition) is 1. The molecule has 1 saturated heterocycles. The number of halogens is 3. The van der Waals surface area contributed by atoms with E-state index in [-0.39, 0.29) is 31.1 Å². The highest BCUT2D eigenvalue weighted by atomic mass is 19.4. The lowest BCUT2D eigenvalue weighted by atomic mass is 10.1. The van der Waals surface area contributed by atoms with Gasteiger partial charge in [0.2, 0.25) is 0 Å². The number of likely N-dealkylation sites (tertiary alicyclic amines) is 1. The summed E-state index contributed by atoms with van der Waals surface area (Å²) in [4.78, 5) is 13.5. The van der Waals surface area contributed by atoms with Gasteiger partial charge in [-0.3, -0.25) is 9.89 Å². The maximum Gasteiger partial charge on any atom is 0.396 e. The standard InChI is InChI=1S/C13H14F3N3O/c14-13(15,16)12-4-8(12)5-19(6-12)11(20)10-3-9(17-18-10)7-1-2-7/h3,7-8H,1-2,4-6H2,(H,17,18). The molecule has 2 unspecified atom stereocenters. The van der Waals surface area contributed by atoms with Crippen molar-refractivity contribution in [1.29, 1.82) is 0 Å². The molecule has 1 aromatic heterocycles. The summed E-state index contributed by atoms with van der Waals surface area (Å²) in [5.74, 6) is -0.366. The van der Waals surface area contributed by atoms with Crippen molar-refractivity contribution in [3.8, 4) is 0 Å². The van der Waals surface area contributed by atoms with Gasteiger partial charge in [0.05, 0.1) is 5.41 Å². The summed E-state index contributed by atoms with van der Waals surface area (Å²) in [6.07, 6.45) is -1.89. The van der Waals surface area contributed by atoms with Crippen molar-refractivity contribution in [2.24, 2.45) is 11.3 Å². The fourth-order valence-corrected chi connectivity index (χ4v) is 3.29. The average molecular weight is 285 g/mol. The number of carbonyl (C=O) groups is 1. The van der Waals surface area contributed by atoms with E-state index in [0.717, 1.165) is 18.5 Å². The van der Waals surface area contributed by atoms with E-state index in [4.69, 9.17) is 0 Å². The van der Waals surface area contributed by atoms with Crippen LogP contribution >= 0.6 is 0 Å². The number of rotatable bonds is 2. The lowest BCUT2D eigenvalue weighted by Crippen LogP contribution is -2.36. The van der Waals surface area contributed by atoms with E-state index >= 15 is 0 Å². The van der Waals surface area contributed by atoms with E-state index in [1.54, 1.807) is 6.07 Å². The molecule has 3 aliphatic rings. The Hall–Kier alpha value is -1.53. The van der Waals surface area contributed by atoms with E-state index < -0.39 is 17.5 Å². The van der Waals surface area contributed by atoms with Crippen molar-refractivity contribution < 1.29 is 18.0 Å². The lowest BCUT2D eigenvalue weighted by Gasteiger charge is -2.21. The molecule has 3 fully saturated rings. The molecule has 2 aliphatic carbocycles. The average Bonchev–Trinajstić information content (AvgIpc) is 3.27. The molecule has 2 atom stereocenters. The third-order valence-corrected chi connectivity index (χ3v) is 4.83. The van der Waals surface area contributed by atoms with Gasteiger partial charge >= 0.3 is 6.18 Å². The monoisotopic (exact) mass is 285 g/mol. The Morgan fingerprint density at radius 2 is 2.20 bits per heavy atom. The molecular weight excluding hydrogens is 271 g/mol. The number of aromatic nitrogens is 2. The first kappa shape index (κ1) is 12.2. The fraction of sp³-hybridized carbons (Fsp3) is 0.692. The molecule has 2 heterocycles. The molecule has 20 heavy (non-hydrogen) atoms. The summed E-state index contributed by atoms with van der Waals surface area (Å²) in [5, 5.41) is 6.76. The highest BCUT2D eigenvalue weighted by Gasteiger charge is 2.74. The number of alkyl halides is 3. The Balaban J connectivity index is 1.50. The van der Waals surface area contributed by atoms with Crippen molar-refractivity contribution in [1.82, 2.24) is 15.1 Å². The van der Waals surface area contributed by atoms with Crippen LogP contribution in [0.25, 0.3) is 0 Å². The first-order chi connectivity index (χ1) is 9.41. The number of nitrogens with zero attached hydrogens (tertiary/aromatic N) is 2. The van der Waals surface area contributed by atoms with Gasteiger partial charge < -0.3 is 4.90 Å². The number of carbonyl (C=O) groups excluding carboxylic acids is 1. The number of aromatic amines is 1. The van der Waals surface area contributed by atoms with Gasteiger partial charge in [-0.1, -0.05) is 0 Å². The summed E-state index contributed by atoms with van der Waals surface area (Å²) in [6, 6.07) is 1.68. The van der Waals surface area contributed by atoms with Gasteiger partial charge in [-0.2, -0.15) is 18.3 Å². The van der Waals surface area contributed by atoms with Crippen molar-refractivity contribution in [3.63, 3.8) is 0 Å². The number of H-pyrrole nitrogens is 1. The largest absolute Gasteiger partial charge is 0.396 e. The van der Waals surface area contributed by atoms with Crippen molar-refractivity contribution >= 4 is 5.91 Å². The summed E-state index contributed by atoms with van der Waals surface area (Å²) in [5.41, 5.74) is -0.480. The second-order valence-corrected chi connectivity index (χ2v) is 6.22. The highest BCUT2D eigenvalue weighted by Crippen LogP contribution is 2.66. The second kappa shape index (κ2) is 3.56. The fourth-order valence-electron chi connectivity index (χ4n) is 3.29. The van der Waals surface area contributed by atoms with E-state index in [9.17, 15) is 18.0 Å². The maximum absolute atomic E-state index is 13.0. The Morgan fingerprint density at radius 3 is 2.80 bits per heavy atom. The molecule has 0 spiro atoms. The third kappa shape index (κ3) is 1.61. The van der Waals surface area contributed by atoms with E-state index in [1.165, 1.54) is 4.90 Å². The van der Waals surface area contributed by atoms with Crippen LogP contribution in [0.3, 0.4) is 0 Å². The number of amides is 1. The first-order valence-electron chi connectivity index (χ1n) is 6.82. The number of nitrogens with one attached hydrogen (secondary N) is 1. The lowest BCUT2D eigenvalue weighted by molar-refractivity contribution is -0.187. The minimum atomic E-state index is -4.21. The molecule has 1 N–H and O–H groups in total. The van der Waals surface area contributed by atoms with E-state index in [1.807, 2.05) is 0 Å². The van der Waals surface area contributed by atoms with Crippen LogP contribution in [0, 0.1) is 11.3 Å². The minimum Gasteiger partial charge on any atom is -0.336 e. The predicted octanol–water partition coefficient (Wildman–Crippen LogP) is 2.31. The third-order valence-electron chi connectivity index (χ3n) is 4.83. The molecule has 4 nitrogen and oxygen atoms in total. The van der Waals surface area contributed by atoms with Crippen LogP contribution in [0.5, 0.6) is 0 Å². The van der Waals surface area contributed by atoms with Gasteiger partial charge in [0.25, 0.3) is 5.91 Å². The second-order valence-electron chi connectivity index (χ2n) is 6.22. The normalized spacial score (nSPS) is 32.4. The summed E-state index contributed by atoms with van der Waals surface area (Å²) >= 11 is 0. The first-order valence-corrected chi connectivity index (χ1v) is 6.82. The highest BCUT2D eigenvalue weighted by molar-refractivity contribution is 5.92. The minimum absolute atomic E-state index is 0.161. The maximum atomic E-state index is 13.0. The van der Waals surface area contributed by atoms with Gasteiger partial charge in [0.1, 0.15) is 5.69 Å². The van der Waals surface area contributed by atoms with Gasteiger partial charge in [-0.05, 0) is 31.2 Å². The van der Waals surface area contributed by atoms with Crippen molar-refractivity contribution in [2.45, 2.75) is 31.4 Å². The smallest absolute Gasteiger partial charge is 0.336 e. The molecular formula is C13H14F3N3O. The van der Waals surface area contributed by atoms with Gasteiger partial charge in [0, 0.05) is 24.7 Å². The molecule has 4 rings (SSSR count). The van der Waals surface area contributed by atoms with Gasteiger partial charge in [-0.15, -0.1) is 0 Å². The molecule has 7 heteroatoms. The molecule has 1 amide bonds. The van der Waals surface area contributed by atoms with Crippen LogP contribution in [0.15, 0.2) is 6.07 Å². The zero-order valence-corrected chi connectivity index (χ0v) is 10.7. The van der Waals surface area contributed by atoms with Crippen LogP contribution in [-0.2, 0) is 0 Å². The van der Waals surface area contributed by atoms with Gasteiger partial charge in [-0.25, -0.2) is 0 Å². The van der Waals surface area contributed by atoms with Crippen molar-refractivity contribution in [3.05, 3.63) is 17.5 Å². The molecule has 1 aromatic rings. The number of hydrogen-bond acceptors (Lipinski definition) is 2. The van der Waals surface area contributed by atoms with Crippen LogP contribution in [0.1, 0.15) is 41.4 Å². The van der Waals surface area contributed by atoms with E-state index in [0.29, 0.717) is 5.92 Å². The molecule has 0 bridgehead atoms. The van der Waals surface area contributed by atoms with E-state index in [2.05, 4.69) is 10.2 Å². The summed E-state index contributed by atoms with van der Waals surface area (Å²) in [7, 11) is 0. The SMILES string of the molecule is O=C(c1cc(C2CC2)[nH]n1)N1CC2CC2(C(F)(F)F)C1. The molecule has 1 aliphatic heterocycles. The summed E-state index contributed by atoms with van der Waals surface area (Å²) in [6.45, 7) is -0.0183. The van der Waals surface area contributed by atoms with Gasteiger partial charge in [0.15, 0.2) is 0 Å². The molecule has 108 valence electrons. The predicted molar refractivity (Wildman–Crippen MR) is 63.1 cm³/mol. The Morgan fingerprint density at radius 1 is 1.45 bits per heavy atom. The Bertz CT molecular complexity index is 578. The Labute approximate surface area is 113 Å². The zero-order valence-electron chi connectivity index (χ0n) is 10.7. The van der Waals surface area contributed by atoms with Crippen molar-refractivity contribution in [2.75, 3.05) is 13.1 Å². The van der Waals surface area contributed by atoms with Crippen LogP contribution < -0.4 is 0 Å². The van der Waals surface area contributed by atoms with Crippen LogP contribution in [0.2, 0.25) is 0 Å². The summed E-state index contributed by atoms with van der Waals surface area (Å²) < 4.78 is 39.0.